The first-order valence-electron chi connectivity index (χ1n) is 9.34. The molecule has 0 aliphatic heterocycles. The molecule has 33 heavy (non-hydrogen) atoms. The summed E-state index contributed by atoms with van der Waals surface area (Å²) in [6.45, 7) is 0.0821. The Morgan fingerprint density at radius 2 is 1.58 bits per heavy atom. The number of nitrogens with zero attached hydrogens (tertiary/aromatic N) is 2. The molecule has 0 spiro atoms. The number of para-hydroxylation sites is 1. The lowest BCUT2D eigenvalue weighted by Gasteiger charge is -2.14. The van der Waals surface area contributed by atoms with Gasteiger partial charge >= 0.3 is 12.4 Å². The van der Waals surface area contributed by atoms with Crippen LogP contribution < -0.4 is 10.6 Å². The van der Waals surface area contributed by atoms with E-state index in [0.29, 0.717) is 10.2 Å². The van der Waals surface area contributed by atoms with Gasteiger partial charge in [-0.25, -0.2) is 4.68 Å². The molecular formula is C21H16F6N4O2. The molecule has 0 atom stereocenters. The van der Waals surface area contributed by atoms with Gasteiger partial charge in [0.15, 0.2) is 5.69 Å². The predicted octanol–water partition coefficient (Wildman–Crippen LogP) is 4.74. The minimum Gasteiger partial charge on any atom is -0.343 e. The van der Waals surface area contributed by atoms with Gasteiger partial charge in [-0.05, 0) is 42.8 Å². The minimum absolute atomic E-state index is 0.0316. The largest absolute Gasteiger partial charge is 0.434 e. The molecule has 0 aliphatic carbocycles. The Morgan fingerprint density at radius 1 is 0.939 bits per heavy atom. The number of aromatic nitrogens is 2. The van der Waals surface area contributed by atoms with E-state index in [-0.39, 0.29) is 16.9 Å². The smallest absolute Gasteiger partial charge is 0.343 e. The van der Waals surface area contributed by atoms with Gasteiger partial charge in [0.2, 0.25) is 0 Å². The zero-order chi connectivity index (χ0) is 24.4. The van der Waals surface area contributed by atoms with Crippen LogP contribution in [0.1, 0.15) is 32.0 Å². The highest BCUT2D eigenvalue weighted by Crippen LogP contribution is 2.34. The van der Waals surface area contributed by atoms with Gasteiger partial charge in [0.25, 0.3) is 11.8 Å². The van der Waals surface area contributed by atoms with Crippen LogP contribution in [0.25, 0.3) is 5.69 Å². The first kappa shape index (κ1) is 23.8. The van der Waals surface area contributed by atoms with Crippen LogP contribution in [0.5, 0.6) is 0 Å². The standard InChI is InChI=1S/C21H16F6N4O2/c1-12-4-2-3-5-16(12)31-17(21(25,26)27)15(10-29-31)19(33)30-14-8-6-13(7-9-14)18(32)28-11-20(22,23)24/h2-10H,11H2,1H3,(H,28,32)(H,30,33). The Morgan fingerprint density at radius 3 is 2.15 bits per heavy atom. The second-order valence-corrected chi connectivity index (χ2v) is 6.93. The molecule has 12 heteroatoms. The van der Waals surface area contributed by atoms with Gasteiger partial charge in [-0.15, -0.1) is 0 Å². The van der Waals surface area contributed by atoms with Crippen LogP contribution >= 0.6 is 0 Å². The van der Waals surface area contributed by atoms with E-state index in [1.807, 2.05) is 0 Å². The molecule has 0 aliphatic rings. The fraction of sp³-hybridized carbons (Fsp3) is 0.190. The number of alkyl halides is 6. The molecule has 0 radical (unpaired) electrons. The molecule has 0 fully saturated rings. The number of halogens is 6. The highest BCUT2D eigenvalue weighted by molar-refractivity contribution is 6.05. The first-order chi connectivity index (χ1) is 15.4. The van der Waals surface area contributed by atoms with Crippen LogP contribution in [0.3, 0.4) is 0 Å². The van der Waals surface area contributed by atoms with E-state index in [1.165, 1.54) is 24.3 Å². The SMILES string of the molecule is Cc1ccccc1-n1ncc(C(=O)Nc2ccc(C(=O)NCC(F)(F)F)cc2)c1C(F)(F)F. The van der Waals surface area contributed by atoms with Crippen LogP contribution in [0.2, 0.25) is 0 Å². The van der Waals surface area contributed by atoms with Crippen molar-refractivity contribution in [3.8, 4) is 5.69 Å². The third-order valence-electron chi connectivity index (χ3n) is 4.48. The number of benzene rings is 2. The van der Waals surface area contributed by atoms with Crippen molar-refractivity contribution in [2.75, 3.05) is 11.9 Å². The van der Waals surface area contributed by atoms with Gasteiger partial charge in [-0.2, -0.15) is 31.4 Å². The van der Waals surface area contributed by atoms with E-state index in [1.54, 1.807) is 24.4 Å². The number of hydrogen-bond acceptors (Lipinski definition) is 3. The molecule has 1 aromatic heterocycles. The van der Waals surface area contributed by atoms with Gasteiger partial charge in [0, 0.05) is 11.3 Å². The molecule has 6 nitrogen and oxygen atoms in total. The number of carbonyl (C=O) groups is 2. The summed E-state index contributed by atoms with van der Waals surface area (Å²) >= 11 is 0. The summed E-state index contributed by atoms with van der Waals surface area (Å²) in [4.78, 5) is 24.3. The number of aryl methyl sites for hydroxylation is 1. The van der Waals surface area contributed by atoms with Crippen LogP contribution in [-0.2, 0) is 6.18 Å². The molecule has 174 valence electrons. The number of carbonyl (C=O) groups excluding carboxylic acids is 2. The lowest BCUT2D eigenvalue weighted by atomic mass is 10.1. The first-order valence-corrected chi connectivity index (χ1v) is 9.34. The van der Waals surface area contributed by atoms with Gasteiger partial charge in [-0.3, -0.25) is 9.59 Å². The molecule has 0 saturated heterocycles. The van der Waals surface area contributed by atoms with E-state index in [9.17, 15) is 35.9 Å². The number of nitrogens with one attached hydrogen (secondary N) is 2. The Hall–Kier alpha value is -3.83. The van der Waals surface area contributed by atoms with Crippen LogP contribution in [0, 0.1) is 6.92 Å². The fourth-order valence-corrected chi connectivity index (χ4v) is 2.96. The molecule has 3 aromatic rings. The van der Waals surface area contributed by atoms with Crippen molar-refractivity contribution in [3.63, 3.8) is 0 Å². The van der Waals surface area contributed by atoms with Crippen molar-refractivity contribution in [3.05, 3.63) is 77.1 Å². The highest BCUT2D eigenvalue weighted by Gasteiger charge is 2.40. The second kappa shape index (κ2) is 8.96. The Kier molecular flexibility index (Phi) is 6.47. The van der Waals surface area contributed by atoms with Crippen molar-refractivity contribution in [2.24, 2.45) is 0 Å². The second-order valence-electron chi connectivity index (χ2n) is 6.93. The quantitative estimate of drug-likeness (QED) is 0.529. The topological polar surface area (TPSA) is 76.0 Å². The van der Waals surface area contributed by atoms with Crippen LogP contribution in [0.15, 0.2) is 54.7 Å². The number of hydrogen-bond donors (Lipinski definition) is 2. The molecule has 0 bridgehead atoms. The van der Waals surface area contributed by atoms with Crippen molar-refractivity contribution in [1.82, 2.24) is 15.1 Å². The Balaban J connectivity index is 1.82. The van der Waals surface area contributed by atoms with Crippen molar-refractivity contribution < 1.29 is 35.9 Å². The average Bonchev–Trinajstić information content (AvgIpc) is 3.18. The van der Waals surface area contributed by atoms with E-state index in [2.05, 4.69) is 10.4 Å². The molecule has 0 unspecified atom stereocenters. The molecule has 2 N–H and O–H groups in total. The lowest BCUT2D eigenvalue weighted by Crippen LogP contribution is -2.33. The van der Waals surface area contributed by atoms with E-state index in [4.69, 9.17) is 0 Å². The maximum Gasteiger partial charge on any atom is 0.434 e. The molecule has 2 amide bonds. The monoisotopic (exact) mass is 470 g/mol. The average molecular weight is 470 g/mol. The Bertz CT molecular complexity index is 1170. The summed E-state index contributed by atoms with van der Waals surface area (Å²) < 4.78 is 78.6. The molecule has 0 saturated carbocycles. The third-order valence-corrected chi connectivity index (χ3v) is 4.48. The van der Waals surface area contributed by atoms with E-state index >= 15 is 0 Å². The molecule has 2 aromatic carbocycles. The summed E-state index contributed by atoms with van der Waals surface area (Å²) in [6, 6.07) is 10.8. The molecule has 3 rings (SSSR count). The maximum atomic E-state index is 13.8. The Labute approximate surface area is 183 Å². The van der Waals surface area contributed by atoms with Crippen molar-refractivity contribution >= 4 is 17.5 Å². The maximum absolute atomic E-state index is 13.8. The summed E-state index contributed by atoms with van der Waals surface area (Å²) in [7, 11) is 0. The molecular weight excluding hydrogens is 454 g/mol. The third kappa shape index (κ3) is 5.70. The number of anilines is 1. The summed E-state index contributed by atoms with van der Waals surface area (Å²) in [6.07, 6.45) is -8.68. The van der Waals surface area contributed by atoms with Gasteiger partial charge in [0.1, 0.15) is 6.54 Å². The van der Waals surface area contributed by atoms with Crippen molar-refractivity contribution in [2.45, 2.75) is 19.3 Å². The normalized spacial score (nSPS) is 11.8. The zero-order valence-corrected chi connectivity index (χ0v) is 16.9. The van der Waals surface area contributed by atoms with Gasteiger partial charge in [0.05, 0.1) is 17.4 Å². The van der Waals surface area contributed by atoms with Crippen LogP contribution in [-0.4, -0.2) is 34.3 Å². The summed E-state index contributed by atoms with van der Waals surface area (Å²) in [5.41, 5.74) is -1.42. The summed E-state index contributed by atoms with van der Waals surface area (Å²) in [5.74, 6) is -2.10. The minimum atomic E-state index is -4.90. The van der Waals surface area contributed by atoms with Gasteiger partial charge < -0.3 is 10.6 Å². The van der Waals surface area contributed by atoms with E-state index in [0.717, 1.165) is 18.3 Å². The molecule has 1 heterocycles. The predicted molar refractivity (Wildman–Crippen MR) is 106 cm³/mol. The van der Waals surface area contributed by atoms with Crippen LogP contribution in [0.4, 0.5) is 32.0 Å². The summed E-state index contributed by atoms with van der Waals surface area (Å²) in [5, 5.41) is 7.70. The number of amides is 2. The fourth-order valence-electron chi connectivity index (χ4n) is 2.96. The van der Waals surface area contributed by atoms with Gasteiger partial charge in [-0.1, -0.05) is 18.2 Å². The van der Waals surface area contributed by atoms with Crippen molar-refractivity contribution in [1.29, 1.82) is 0 Å². The van der Waals surface area contributed by atoms with E-state index < -0.39 is 42.0 Å². The number of rotatable bonds is 5. The lowest BCUT2D eigenvalue weighted by molar-refractivity contribution is -0.143. The zero-order valence-electron chi connectivity index (χ0n) is 16.9. The highest BCUT2D eigenvalue weighted by atomic mass is 19.4.